The first-order valence-electron chi connectivity index (χ1n) is 6.89. The Morgan fingerprint density at radius 1 is 1.37 bits per heavy atom. The molecule has 1 aliphatic rings. The maximum Gasteiger partial charge on any atom is 0.251 e. The van der Waals surface area contributed by atoms with E-state index in [0.29, 0.717) is 5.92 Å². The summed E-state index contributed by atoms with van der Waals surface area (Å²) in [6.45, 7) is 2.96. The molecule has 3 rings (SSSR count). The van der Waals surface area contributed by atoms with Gasteiger partial charge in [0.15, 0.2) is 0 Å². The third-order valence-corrected chi connectivity index (χ3v) is 3.82. The molecule has 100 valence electrons. The van der Waals surface area contributed by atoms with Crippen LogP contribution in [-0.2, 0) is 0 Å². The first kappa shape index (κ1) is 12.2. The molecule has 0 saturated carbocycles. The minimum Gasteiger partial charge on any atom is -0.361 e. The molecule has 0 aliphatic carbocycles. The van der Waals surface area contributed by atoms with E-state index in [0.717, 1.165) is 42.5 Å². The van der Waals surface area contributed by atoms with Crippen LogP contribution in [0.2, 0.25) is 0 Å². The van der Waals surface area contributed by atoms with E-state index in [1.807, 2.05) is 30.5 Å². The van der Waals surface area contributed by atoms with Crippen molar-refractivity contribution >= 4 is 16.8 Å². The van der Waals surface area contributed by atoms with Crippen molar-refractivity contribution in [3.05, 3.63) is 36.0 Å². The highest BCUT2D eigenvalue weighted by Crippen LogP contribution is 2.14. The summed E-state index contributed by atoms with van der Waals surface area (Å²) in [6.07, 6.45) is 4.18. The molecule has 1 aromatic heterocycles. The van der Waals surface area contributed by atoms with Crippen LogP contribution in [0.15, 0.2) is 30.5 Å². The number of amides is 1. The summed E-state index contributed by atoms with van der Waals surface area (Å²) in [5, 5.41) is 7.43. The lowest BCUT2D eigenvalue weighted by atomic mass is 10.1. The molecule has 1 saturated heterocycles. The van der Waals surface area contributed by atoms with Crippen LogP contribution < -0.4 is 10.6 Å². The Balaban J connectivity index is 1.56. The molecule has 1 unspecified atom stereocenters. The molecule has 0 radical (unpaired) electrons. The summed E-state index contributed by atoms with van der Waals surface area (Å²) in [5.41, 5.74) is 1.80. The molecule has 1 fully saturated rings. The van der Waals surface area contributed by atoms with E-state index in [9.17, 15) is 4.79 Å². The van der Waals surface area contributed by atoms with Gasteiger partial charge in [0, 0.05) is 29.2 Å². The van der Waals surface area contributed by atoms with E-state index in [4.69, 9.17) is 0 Å². The van der Waals surface area contributed by atoms with Crippen LogP contribution >= 0.6 is 0 Å². The van der Waals surface area contributed by atoms with Crippen molar-refractivity contribution in [2.24, 2.45) is 5.92 Å². The van der Waals surface area contributed by atoms with E-state index < -0.39 is 0 Å². The second-order valence-electron chi connectivity index (χ2n) is 5.18. The SMILES string of the molecule is O=C(NCCC1CCNC1)c1ccc2[nH]ccc2c1. The van der Waals surface area contributed by atoms with Gasteiger partial charge in [-0.15, -0.1) is 0 Å². The fourth-order valence-electron chi connectivity index (χ4n) is 2.65. The third kappa shape index (κ3) is 2.79. The maximum atomic E-state index is 12.0. The molecule has 2 aromatic rings. The predicted octanol–water partition coefficient (Wildman–Crippen LogP) is 1.90. The summed E-state index contributed by atoms with van der Waals surface area (Å²) in [7, 11) is 0. The number of hydrogen-bond donors (Lipinski definition) is 3. The van der Waals surface area contributed by atoms with Crippen LogP contribution in [-0.4, -0.2) is 30.5 Å². The van der Waals surface area contributed by atoms with Gasteiger partial charge in [0.25, 0.3) is 5.91 Å². The highest BCUT2D eigenvalue weighted by atomic mass is 16.1. The maximum absolute atomic E-state index is 12.0. The number of aromatic nitrogens is 1. The Bertz CT molecular complexity index is 570. The average molecular weight is 257 g/mol. The van der Waals surface area contributed by atoms with E-state index in [1.54, 1.807) is 0 Å². The lowest BCUT2D eigenvalue weighted by molar-refractivity contribution is 0.0952. The molecule has 19 heavy (non-hydrogen) atoms. The van der Waals surface area contributed by atoms with E-state index in [1.165, 1.54) is 6.42 Å². The second kappa shape index (κ2) is 5.45. The number of benzene rings is 1. The van der Waals surface area contributed by atoms with Crippen LogP contribution in [0.25, 0.3) is 10.9 Å². The first-order valence-corrected chi connectivity index (χ1v) is 6.89. The Morgan fingerprint density at radius 2 is 2.32 bits per heavy atom. The molecule has 3 N–H and O–H groups in total. The van der Waals surface area contributed by atoms with Crippen LogP contribution in [0.4, 0.5) is 0 Å². The fraction of sp³-hybridized carbons (Fsp3) is 0.400. The quantitative estimate of drug-likeness (QED) is 0.783. The van der Waals surface area contributed by atoms with Gasteiger partial charge < -0.3 is 15.6 Å². The Kier molecular flexibility index (Phi) is 3.51. The number of H-pyrrole nitrogens is 1. The van der Waals surface area contributed by atoms with Crippen molar-refractivity contribution in [1.29, 1.82) is 0 Å². The molecule has 1 aromatic carbocycles. The molecule has 1 aliphatic heterocycles. The molecule has 0 bridgehead atoms. The number of hydrogen-bond acceptors (Lipinski definition) is 2. The fourth-order valence-corrected chi connectivity index (χ4v) is 2.65. The summed E-state index contributed by atoms with van der Waals surface area (Å²) in [6, 6.07) is 7.73. The van der Waals surface area contributed by atoms with Gasteiger partial charge in [-0.2, -0.15) is 0 Å². The molecule has 0 spiro atoms. The lowest BCUT2D eigenvalue weighted by Crippen LogP contribution is -2.26. The van der Waals surface area contributed by atoms with Gasteiger partial charge in [-0.1, -0.05) is 0 Å². The average Bonchev–Trinajstić information content (AvgIpc) is 3.08. The Labute approximate surface area is 112 Å². The smallest absolute Gasteiger partial charge is 0.251 e. The van der Waals surface area contributed by atoms with Gasteiger partial charge >= 0.3 is 0 Å². The minimum atomic E-state index is 0.0223. The Morgan fingerprint density at radius 3 is 3.16 bits per heavy atom. The highest BCUT2D eigenvalue weighted by molar-refractivity contribution is 5.98. The summed E-state index contributed by atoms with van der Waals surface area (Å²) in [5.74, 6) is 0.738. The summed E-state index contributed by atoms with van der Waals surface area (Å²) in [4.78, 5) is 15.2. The second-order valence-corrected chi connectivity index (χ2v) is 5.18. The van der Waals surface area contributed by atoms with E-state index >= 15 is 0 Å². The summed E-state index contributed by atoms with van der Waals surface area (Å²) < 4.78 is 0. The molecule has 4 nitrogen and oxygen atoms in total. The van der Waals surface area contributed by atoms with E-state index in [2.05, 4.69) is 15.6 Å². The van der Waals surface area contributed by atoms with Crippen molar-refractivity contribution in [1.82, 2.24) is 15.6 Å². The molecule has 4 heteroatoms. The molecule has 2 heterocycles. The zero-order valence-electron chi connectivity index (χ0n) is 10.9. The van der Waals surface area contributed by atoms with Crippen molar-refractivity contribution in [2.45, 2.75) is 12.8 Å². The zero-order valence-corrected chi connectivity index (χ0v) is 10.9. The number of rotatable bonds is 4. The van der Waals surface area contributed by atoms with Crippen LogP contribution in [0.5, 0.6) is 0 Å². The zero-order chi connectivity index (χ0) is 13.1. The first-order chi connectivity index (χ1) is 9.33. The molecule has 1 atom stereocenters. The van der Waals surface area contributed by atoms with Gasteiger partial charge in [0.05, 0.1) is 0 Å². The van der Waals surface area contributed by atoms with E-state index in [-0.39, 0.29) is 5.91 Å². The normalized spacial score (nSPS) is 18.8. The molecule has 1 amide bonds. The largest absolute Gasteiger partial charge is 0.361 e. The van der Waals surface area contributed by atoms with Crippen LogP contribution in [0.1, 0.15) is 23.2 Å². The van der Waals surface area contributed by atoms with Gasteiger partial charge in [0.1, 0.15) is 0 Å². The van der Waals surface area contributed by atoms with Crippen LogP contribution in [0.3, 0.4) is 0 Å². The molecular formula is C15H19N3O. The van der Waals surface area contributed by atoms with Crippen molar-refractivity contribution < 1.29 is 4.79 Å². The standard InChI is InChI=1S/C15H19N3O/c19-15(18-7-4-11-3-6-16-10-11)13-1-2-14-12(9-13)5-8-17-14/h1-2,5,8-9,11,16-17H,3-4,6-7,10H2,(H,18,19). The topological polar surface area (TPSA) is 56.9 Å². The van der Waals surface area contributed by atoms with Crippen LogP contribution in [0, 0.1) is 5.92 Å². The molecular weight excluding hydrogens is 238 g/mol. The number of carbonyl (C=O) groups excluding carboxylic acids is 1. The predicted molar refractivity (Wildman–Crippen MR) is 76.2 cm³/mol. The monoisotopic (exact) mass is 257 g/mol. The highest BCUT2D eigenvalue weighted by Gasteiger charge is 2.14. The number of aromatic amines is 1. The number of carbonyl (C=O) groups is 1. The van der Waals surface area contributed by atoms with Crippen molar-refractivity contribution in [3.8, 4) is 0 Å². The lowest BCUT2D eigenvalue weighted by Gasteiger charge is -2.09. The van der Waals surface area contributed by atoms with Gasteiger partial charge in [-0.25, -0.2) is 0 Å². The third-order valence-electron chi connectivity index (χ3n) is 3.82. The summed E-state index contributed by atoms with van der Waals surface area (Å²) >= 11 is 0. The Hall–Kier alpha value is -1.81. The van der Waals surface area contributed by atoms with Crippen molar-refractivity contribution in [2.75, 3.05) is 19.6 Å². The van der Waals surface area contributed by atoms with Gasteiger partial charge in [0.2, 0.25) is 0 Å². The van der Waals surface area contributed by atoms with Gasteiger partial charge in [-0.05, 0) is 56.1 Å². The minimum absolute atomic E-state index is 0.0223. The number of fused-ring (bicyclic) bond motifs is 1. The number of nitrogens with one attached hydrogen (secondary N) is 3. The van der Waals surface area contributed by atoms with Gasteiger partial charge in [-0.3, -0.25) is 4.79 Å². The van der Waals surface area contributed by atoms with Crippen molar-refractivity contribution in [3.63, 3.8) is 0 Å².